The molecule has 0 saturated heterocycles. The molecule has 0 aliphatic heterocycles. The summed E-state index contributed by atoms with van der Waals surface area (Å²) in [4.78, 5) is 11.5. The van der Waals surface area contributed by atoms with Crippen LogP contribution in [-0.2, 0) is 11.2 Å². The second-order valence-electron chi connectivity index (χ2n) is 4.02. The number of halogens is 1. The molecule has 0 bridgehead atoms. The van der Waals surface area contributed by atoms with Gasteiger partial charge in [-0.3, -0.25) is 4.79 Å². The number of benzene rings is 2. The Morgan fingerprint density at radius 1 is 1.17 bits per heavy atom. The Labute approximate surface area is 115 Å². The highest BCUT2D eigenvalue weighted by Crippen LogP contribution is 2.26. The monoisotopic (exact) mass is 303 g/mol. The molecule has 0 heterocycles. The van der Waals surface area contributed by atoms with Crippen molar-refractivity contribution in [3.63, 3.8) is 0 Å². The first-order chi connectivity index (χ1) is 8.70. The van der Waals surface area contributed by atoms with Crippen LogP contribution in [0.15, 0.2) is 53.0 Å². The van der Waals surface area contributed by atoms with Crippen molar-refractivity contribution in [1.29, 1.82) is 0 Å². The van der Waals surface area contributed by atoms with E-state index in [1.807, 2.05) is 42.5 Å². The van der Waals surface area contributed by atoms with Gasteiger partial charge in [-0.05, 0) is 28.8 Å². The summed E-state index contributed by atoms with van der Waals surface area (Å²) in [6.45, 7) is 0. The highest BCUT2D eigenvalue weighted by atomic mass is 79.9. The number of amides is 1. The largest absolute Gasteiger partial charge is 0.359 e. The minimum atomic E-state index is 0.0254. The van der Waals surface area contributed by atoms with E-state index in [4.69, 9.17) is 0 Å². The molecule has 0 fully saturated rings. The van der Waals surface area contributed by atoms with E-state index in [0.29, 0.717) is 6.42 Å². The number of likely N-dealkylation sites (N-methyl/N-ethyl adjacent to an activating group) is 1. The Bertz CT molecular complexity index is 566. The molecule has 0 atom stereocenters. The number of nitrogens with one attached hydrogen (secondary N) is 1. The summed E-state index contributed by atoms with van der Waals surface area (Å²) in [7, 11) is 1.66. The second-order valence-corrected chi connectivity index (χ2v) is 4.93. The Kier molecular flexibility index (Phi) is 4.15. The second kappa shape index (κ2) is 5.83. The van der Waals surface area contributed by atoms with E-state index in [-0.39, 0.29) is 5.91 Å². The molecule has 0 saturated carbocycles. The van der Waals surface area contributed by atoms with Gasteiger partial charge in [0.1, 0.15) is 0 Å². The van der Waals surface area contributed by atoms with Crippen LogP contribution in [0.4, 0.5) is 0 Å². The molecule has 18 heavy (non-hydrogen) atoms. The van der Waals surface area contributed by atoms with Crippen LogP contribution in [0.2, 0.25) is 0 Å². The van der Waals surface area contributed by atoms with Crippen molar-refractivity contribution in [2.75, 3.05) is 7.05 Å². The Hall–Kier alpha value is -1.61. The quantitative estimate of drug-likeness (QED) is 0.925. The molecule has 0 spiro atoms. The number of carbonyl (C=O) groups excluding carboxylic acids is 1. The molecule has 0 radical (unpaired) electrons. The molecule has 2 nitrogen and oxygen atoms in total. The fraction of sp³-hybridized carbons (Fsp3) is 0.133. The minimum absolute atomic E-state index is 0.0254. The number of rotatable bonds is 3. The minimum Gasteiger partial charge on any atom is -0.359 e. The number of hydrogen-bond acceptors (Lipinski definition) is 1. The molecule has 0 aromatic heterocycles. The third-order valence-corrected chi connectivity index (χ3v) is 3.28. The maximum atomic E-state index is 11.5. The summed E-state index contributed by atoms with van der Waals surface area (Å²) in [5.41, 5.74) is 3.25. The van der Waals surface area contributed by atoms with Crippen molar-refractivity contribution in [2.24, 2.45) is 0 Å². The molecule has 0 aliphatic rings. The van der Waals surface area contributed by atoms with Crippen molar-refractivity contribution in [1.82, 2.24) is 5.32 Å². The summed E-state index contributed by atoms with van der Waals surface area (Å²) >= 11 is 3.47. The summed E-state index contributed by atoms with van der Waals surface area (Å²) in [6, 6.07) is 16.1. The van der Waals surface area contributed by atoms with E-state index in [1.165, 1.54) is 0 Å². The Morgan fingerprint density at radius 2 is 1.94 bits per heavy atom. The van der Waals surface area contributed by atoms with E-state index < -0.39 is 0 Å². The maximum absolute atomic E-state index is 11.5. The third kappa shape index (κ3) is 2.99. The lowest BCUT2D eigenvalue weighted by atomic mass is 9.97. The van der Waals surface area contributed by atoms with Gasteiger partial charge in [-0.25, -0.2) is 0 Å². The molecular formula is C15H14BrNO. The van der Waals surface area contributed by atoms with Crippen LogP contribution in [0.5, 0.6) is 0 Å². The fourth-order valence-corrected chi connectivity index (χ4v) is 2.27. The SMILES string of the molecule is CNC(=O)Cc1ccccc1-c1cccc(Br)c1. The standard InChI is InChI=1S/C15H14BrNO/c1-17-15(18)10-12-5-2-3-8-14(12)11-6-4-7-13(16)9-11/h2-9H,10H2,1H3,(H,17,18). The van der Waals surface area contributed by atoms with Crippen LogP contribution in [0.3, 0.4) is 0 Å². The topological polar surface area (TPSA) is 29.1 Å². The number of hydrogen-bond donors (Lipinski definition) is 1. The lowest BCUT2D eigenvalue weighted by Gasteiger charge is -2.09. The van der Waals surface area contributed by atoms with Gasteiger partial charge in [0.2, 0.25) is 5.91 Å². The zero-order valence-electron chi connectivity index (χ0n) is 10.1. The predicted octanol–water partition coefficient (Wildman–Crippen LogP) is 3.40. The summed E-state index contributed by atoms with van der Waals surface area (Å²) < 4.78 is 1.04. The smallest absolute Gasteiger partial charge is 0.224 e. The van der Waals surface area contributed by atoms with E-state index in [2.05, 4.69) is 27.3 Å². The molecule has 92 valence electrons. The van der Waals surface area contributed by atoms with Crippen molar-refractivity contribution in [3.05, 3.63) is 58.6 Å². The molecule has 2 rings (SSSR count). The van der Waals surface area contributed by atoms with Crippen LogP contribution in [0, 0.1) is 0 Å². The van der Waals surface area contributed by atoms with Gasteiger partial charge in [-0.15, -0.1) is 0 Å². The van der Waals surface area contributed by atoms with Gasteiger partial charge in [0, 0.05) is 11.5 Å². The van der Waals surface area contributed by atoms with Crippen molar-refractivity contribution in [3.8, 4) is 11.1 Å². The summed E-state index contributed by atoms with van der Waals surface area (Å²) in [6.07, 6.45) is 0.402. The van der Waals surface area contributed by atoms with Crippen molar-refractivity contribution in [2.45, 2.75) is 6.42 Å². The third-order valence-electron chi connectivity index (χ3n) is 2.78. The average Bonchev–Trinajstić information content (AvgIpc) is 2.39. The van der Waals surface area contributed by atoms with Gasteiger partial charge >= 0.3 is 0 Å². The Morgan fingerprint density at radius 3 is 2.67 bits per heavy atom. The number of carbonyl (C=O) groups is 1. The van der Waals surface area contributed by atoms with Crippen LogP contribution >= 0.6 is 15.9 Å². The molecule has 2 aromatic carbocycles. The Balaban J connectivity index is 2.41. The summed E-state index contributed by atoms with van der Waals surface area (Å²) in [5, 5.41) is 2.66. The van der Waals surface area contributed by atoms with Crippen LogP contribution in [0.25, 0.3) is 11.1 Å². The van der Waals surface area contributed by atoms with E-state index in [1.54, 1.807) is 7.05 Å². The first-order valence-electron chi connectivity index (χ1n) is 5.75. The fourth-order valence-electron chi connectivity index (χ4n) is 1.87. The molecule has 1 amide bonds. The van der Waals surface area contributed by atoms with Gasteiger partial charge < -0.3 is 5.32 Å². The molecule has 0 aliphatic carbocycles. The molecule has 2 aromatic rings. The molecule has 3 heteroatoms. The van der Waals surface area contributed by atoms with Crippen molar-refractivity contribution >= 4 is 21.8 Å². The zero-order chi connectivity index (χ0) is 13.0. The van der Waals surface area contributed by atoms with E-state index in [0.717, 1.165) is 21.2 Å². The van der Waals surface area contributed by atoms with Gasteiger partial charge in [-0.1, -0.05) is 52.3 Å². The van der Waals surface area contributed by atoms with Crippen LogP contribution < -0.4 is 5.32 Å². The van der Waals surface area contributed by atoms with Gasteiger partial charge in [0.05, 0.1) is 6.42 Å². The first-order valence-corrected chi connectivity index (χ1v) is 6.54. The molecular weight excluding hydrogens is 290 g/mol. The first kappa shape index (κ1) is 12.8. The van der Waals surface area contributed by atoms with Crippen LogP contribution in [0.1, 0.15) is 5.56 Å². The average molecular weight is 304 g/mol. The maximum Gasteiger partial charge on any atom is 0.224 e. The molecule has 1 N–H and O–H groups in total. The lowest BCUT2D eigenvalue weighted by molar-refractivity contribution is -0.119. The highest BCUT2D eigenvalue weighted by Gasteiger charge is 2.08. The van der Waals surface area contributed by atoms with Crippen molar-refractivity contribution < 1.29 is 4.79 Å². The van der Waals surface area contributed by atoms with E-state index in [9.17, 15) is 4.79 Å². The predicted molar refractivity (Wildman–Crippen MR) is 77.3 cm³/mol. The van der Waals surface area contributed by atoms with Crippen LogP contribution in [-0.4, -0.2) is 13.0 Å². The normalized spacial score (nSPS) is 10.1. The van der Waals surface area contributed by atoms with E-state index >= 15 is 0 Å². The van der Waals surface area contributed by atoms with Gasteiger partial charge in [0.15, 0.2) is 0 Å². The summed E-state index contributed by atoms with van der Waals surface area (Å²) in [5.74, 6) is 0.0254. The van der Waals surface area contributed by atoms with Gasteiger partial charge in [-0.2, -0.15) is 0 Å². The lowest BCUT2D eigenvalue weighted by Crippen LogP contribution is -2.20. The molecule has 0 unspecified atom stereocenters. The van der Waals surface area contributed by atoms with Gasteiger partial charge in [0.25, 0.3) is 0 Å². The zero-order valence-corrected chi connectivity index (χ0v) is 11.7. The highest BCUT2D eigenvalue weighted by molar-refractivity contribution is 9.10.